The van der Waals surface area contributed by atoms with Gasteiger partial charge in [-0.2, -0.15) is 0 Å². The van der Waals surface area contributed by atoms with Gasteiger partial charge in [0.1, 0.15) is 0 Å². The minimum absolute atomic E-state index is 0.709. The lowest BCUT2D eigenvalue weighted by Crippen LogP contribution is -2.46. The third kappa shape index (κ3) is 4.63. The lowest BCUT2D eigenvalue weighted by atomic mass is 10.2. The first-order valence-electron chi connectivity index (χ1n) is 10.5. The van der Waals surface area contributed by atoms with Gasteiger partial charge in [0, 0.05) is 49.0 Å². The smallest absolute Gasteiger partial charge is 0.174 e. The summed E-state index contributed by atoms with van der Waals surface area (Å²) in [6.45, 7) is 4.24. The Balaban J connectivity index is 1.37. The Morgan fingerprint density at radius 3 is 2.41 bits per heavy atom. The molecule has 2 aromatic carbocycles. The maximum Gasteiger partial charge on any atom is 0.174 e. The quantitative estimate of drug-likeness (QED) is 0.426. The van der Waals surface area contributed by atoms with E-state index in [1.54, 1.807) is 12.4 Å². The topological polar surface area (TPSA) is 57.2 Å². The van der Waals surface area contributed by atoms with Gasteiger partial charge in [-0.25, -0.2) is 9.97 Å². The molecule has 2 aromatic heterocycles. The summed E-state index contributed by atoms with van der Waals surface area (Å²) in [6, 6.07) is 17.4. The Kier molecular flexibility index (Phi) is 6.08. The van der Waals surface area contributed by atoms with E-state index in [0.717, 1.165) is 71.7 Å². The average Bonchev–Trinajstić information content (AvgIpc) is 2.82. The minimum Gasteiger partial charge on any atom is -0.351 e. The largest absolute Gasteiger partial charge is 0.351 e. The molecular formula is C24H22Cl2N6. The highest BCUT2D eigenvalue weighted by Crippen LogP contribution is 2.29. The average molecular weight is 465 g/mol. The maximum atomic E-state index is 6.37. The first-order chi connectivity index (χ1) is 15.7. The summed E-state index contributed by atoms with van der Waals surface area (Å²) >= 11 is 12.5. The number of aromatic nitrogens is 3. The van der Waals surface area contributed by atoms with Crippen LogP contribution in [0.2, 0.25) is 10.0 Å². The van der Waals surface area contributed by atoms with Crippen LogP contribution in [0.3, 0.4) is 0 Å². The van der Waals surface area contributed by atoms with Crippen LogP contribution in [0.5, 0.6) is 0 Å². The van der Waals surface area contributed by atoms with E-state index in [1.807, 2.05) is 54.6 Å². The molecule has 6 nitrogen and oxygen atoms in total. The predicted octanol–water partition coefficient (Wildman–Crippen LogP) is 5.40. The number of nitrogens with one attached hydrogen (secondary N) is 1. The van der Waals surface area contributed by atoms with Crippen LogP contribution in [-0.2, 0) is 6.54 Å². The monoisotopic (exact) mass is 464 g/mol. The molecule has 1 saturated heterocycles. The maximum absolute atomic E-state index is 6.37. The third-order valence-electron chi connectivity index (χ3n) is 5.55. The summed E-state index contributed by atoms with van der Waals surface area (Å²) in [5.41, 5.74) is 3.67. The molecule has 0 saturated carbocycles. The zero-order valence-corrected chi connectivity index (χ0v) is 18.9. The number of halogens is 2. The predicted molar refractivity (Wildman–Crippen MR) is 131 cm³/mol. The summed E-state index contributed by atoms with van der Waals surface area (Å²) in [5, 5.41) is 4.86. The molecule has 0 amide bonds. The normalized spacial score (nSPS) is 14.6. The molecule has 1 fully saturated rings. The number of hydrogen-bond acceptors (Lipinski definition) is 6. The molecule has 1 N–H and O–H groups in total. The molecular weight excluding hydrogens is 443 g/mol. The highest BCUT2D eigenvalue weighted by atomic mass is 35.5. The summed E-state index contributed by atoms with van der Waals surface area (Å²) in [5.74, 6) is 1.59. The number of rotatable bonds is 5. The molecule has 4 aromatic rings. The highest BCUT2D eigenvalue weighted by Gasteiger charge is 2.22. The molecule has 3 heterocycles. The van der Waals surface area contributed by atoms with Gasteiger partial charge in [0.2, 0.25) is 0 Å². The zero-order valence-electron chi connectivity index (χ0n) is 17.4. The van der Waals surface area contributed by atoms with Crippen LogP contribution in [0.15, 0.2) is 67.0 Å². The molecule has 8 heteroatoms. The Labute approximate surface area is 196 Å². The minimum atomic E-state index is 0.709. The van der Waals surface area contributed by atoms with E-state index in [0.29, 0.717) is 5.02 Å². The number of hydrogen-bond donors (Lipinski definition) is 1. The molecule has 0 bridgehead atoms. The van der Waals surface area contributed by atoms with E-state index in [-0.39, 0.29) is 0 Å². The second-order valence-electron chi connectivity index (χ2n) is 7.75. The van der Waals surface area contributed by atoms with Crippen LogP contribution in [0, 0.1) is 0 Å². The van der Waals surface area contributed by atoms with Crippen LogP contribution in [0.1, 0.15) is 5.56 Å². The Morgan fingerprint density at radius 1 is 0.875 bits per heavy atom. The van der Waals surface area contributed by atoms with Crippen molar-refractivity contribution in [2.75, 3.05) is 36.4 Å². The van der Waals surface area contributed by atoms with Crippen molar-refractivity contribution in [3.8, 4) is 0 Å². The van der Waals surface area contributed by atoms with Gasteiger partial charge in [-0.15, -0.1) is 0 Å². The van der Waals surface area contributed by atoms with Gasteiger partial charge in [0.15, 0.2) is 11.6 Å². The Bertz CT molecular complexity index is 1230. The molecule has 0 unspecified atom stereocenters. The van der Waals surface area contributed by atoms with E-state index in [1.165, 1.54) is 0 Å². The lowest BCUT2D eigenvalue weighted by molar-refractivity contribution is 0.249. The second kappa shape index (κ2) is 9.28. The molecule has 162 valence electrons. The summed E-state index contributed by atoms with van der Waals surface area (Å²) in [4.78, 5) is 18.7. The van der Waals surface area contributed by atoms with Gasteiger partial charge in [0.05, 0.1) is 22.9 Å². The highest BCUT2D eigenvalue weighted by molar-refractivity contribution is 6.33. The van der Waals surface area contributed by atoms with Gasteiger partial charge < -0.3 is 10.2 Å². The summed E-state index contributed by atoms with van der Waals surface area (Å²) in [6.07, 6.45) is 3.54. The van der Waals surface area contributed by atoms with Gasteiger partial charge in [-0.3, -0.25) is 9.88 Å². The van der Waals surface area contributed by atoms with E-state index in [4.69, 9.17) is 33.2 Å². The molecule has 5 rings (SSSR count). The zero-order chi connectivity index (χ0) is 21.9. The fraction of sp³-hybridized carbons (Fsp3) is 0.208. The molecule has 0 spiro atoms. The SMILES string of the molecule is Clc1ccc(Cl)c(CN2CCN(c3nc4ccccc4nc3Nc3cccnc3)CC2)c1. The van der Waals surface area contributed by atoms with Crippen molar-refractivity contribution >= 4 is 51.6 Å². The fourth-order valence-electron chi connectivity index (χ4n) is 3.89. The Hall–Kier alpha value is -2.93. The first kappa shape index (κ1) is 20.9. The molecule has 0 atom stereocenters. The fourth-order valence-corrected chi connectivity index (χ4v) is 4.26. The van der Waals surface area contributed by atoms with Gasteiger partial charge in [-0.1, -0.05) is 35.3 Å². The Morgan fingerprint density at radius 2 is 1.66 bits per heavy atom. The van der Waals surface area contributed by atoms with Crippen LogP contribution >= 0.6 is 23.2 Å². The molecule has 1 aliphatic heterocycles. The number of nitrogens with zero attached hydrogens (tertiary/aromatic N) is 5. The lowest BCUT2D eigenvalue weighted by Gasteiger charge is -2.36. The summed E-state index contributed by atoms with van der Waals surface area (Å²) in [7, 11) is 0. The second-order valence-corrected chi connectivity index (χ2v) is 8.59. The summed E-state index contributed by atoms with van der Waals surface area (Å²) < 4.78 is 0. The van der Waals surface area contributed by atoms with Crippen LogP contribution in [-0.4, -0.2) is 46.0 Å². The van der Waals surface area contributed by atoms with Crippen LogP contribution in [0.4, 0.5) is 17.3 Å². The van der Waals surface area contributed by atoms with Crippen molar-refractivity contribution in [3.63, 3.8) is 0 Å². The molecule has 1 aliphatic rings. The van der Waals surface area contributed by atoms with Gasteiger partial charge in [-0.05, 0) is 48.0 Å². The van der Waals surface area contributed by atoms with Crippen molar-refractivity contribution in [3.05, 3.63) is 82.6 Å². The van der Waals surface area contributed by atoms with Crippen molar-refractivity contribution in [1.82, 2.24) is 19.9 Å². The van der Waals surface area contributed by atoms with Gasteiger partial charge in [0.25, 0.3) is 0 Å². The third-order valence-corrected chi connectivity index (χ3v) is 6.15. The van der Waals surface area contributed by atoms with Crippen LogP contribution < -0.4 is 10.2 Å². The van der Waals surface area contributed by atoms with E-state index < -0.39 is 0 Å². The number of pyridine rings is 1. The van der Waals surface area contributed by atoms with E-state index in [2.05, 4.69) is 20.1 Å². The first-order valence-corrected chi connectivity index (χ1v) is 11.3. The van der Waals surface area contributed by atoms with Crippen LogP contribution in [0.25, 0.3) is 11.0 Å². The standard InChI is InChI=1S/C24H22Cl2N6/c25-18-7-8-20(26)17(14-18)16-31-10-12-32(13-11-31)24-23(28-19-4-3-9-27-15-19)29-21-5-1-2-6-22(21)30-24/h1-9,14-15H,10-13,16H2,(H,28,29). The van der Waals surface area contributed by atoms with Crippen molar-refractivity contribution in [2.24, 2.45) is 0 Å². The number of benzene rings is 2. The number of piperazine rings is 1. The van der Waals surface area contributed by atoms with Crippen molar-refractivity contribution in [1.29, 1.82) is 0 Å². The number of para-hydroxylation sites is 2. The van der Waals surface area contributed by atoms with E-state index in [9.17, 15) is 0 Å². The number of anilines is 3. The van der Waals surface area contributed by atoms with Gasteiger partial charge >= 0.3 is 0 Å². The van der Waals surface area contributed by atoms with Crippen molar-refractivity contribution < 1.29 is 0 Å². The van der Waals surface area contributed by atoms with E-state index >= 15 is 0 Å². The molecule has 0 aliphatic carbocycles. The molecule has 32 heavy (non-hydrogen) atoms. The molecule has 0 radical (unpaired) electrons. The van der Waals surface area contributed by atoms with Crippen molar-refractivity contribution in [2.45, 2.75) is 6.54 Å². The number of fused-ring (bicyclic) bond motifs is 1.